The summed E-state index contributed by atoms with van der Waals surface area (Å²) < 4.78 is 25.9. The monoisotopic (exact) mass is 305 g/mol. The number of nitrogens with zero attached hydrogens (tertiary/aromatic N) is 1. The molecule has 0 radical (unpaired) electrons. The maximum Gasteiger partial charge on any atom is 0.250 e. The molecule has 1 aromatic carbocycles. The summed E-state index contributed by atoms with van der Waals surface area (Å²) in [6.45, 7) is 2.15. The molecule has 4 heteroatoms. The van der Waals surface area contributed by atoms with Gasteiger partial charge in [-0.15, -0.1) is 0 Å². The Morgan fingerprint density at radius 3 is 2.52 bits per heavy atom. The molecule has 0 atom stereocenters. The molecule has 0 aliphatic rings. The Morgan fingerprint density at radius 2 is 1.86 bits per heavy atom. The third kappa shape index (κ3) is 4.27. The van der Waals surface area contributed by atoms with E-state index in [4.69, 9.17) is 11.6 Å². The third-order valence-corrected chi connectivity index (χ3v) is 3.29. The van der Waals surface area contributed by atoms with Crippen molar-refractivity contribution in [3.05, 3.63) is 63.9 Å². The number of benzene rings is 1. The van der Waals surface area contributed by atoms with Crippen molar-refractivity contribution in [1.82, 2.24) is 4.98 Å². The molecule has 1 aromatic heterocycles. The Morgan fingerprint density at radius 1 is 1.14 bits per heavy atom. The topological polar surface area (TPSA) is 12.9 Å². The molecule has 0 unspecified atom stereocenters. The summed E-state index contributed by atoms with van der Waals surface area (Å²) in [5.41, 5.74) is 2.22. The molecule has 0 amide bonds. The van der Waals surface area contributed by atoms with Gasteiger partial charge in [-0.2, -0.15) is 4.39 Å². The zero-order valence-corrected chi connectivity index (χ0v) is 12.3. The molecule has 0 fully saturated rings. The summed E-state index contributed by atoms with van der Waals surface area (Å²) in [5.74, 6) is 3.30. The Hall–Kier alpha value is -1.92. The van der Waals surface area contributed by atoms with Crippen molar-refractivity contribution in [2.24, 2.45) is 0 Å². The summed E-state index contributed by atoms with van der Waals surface area (Å²) in [6, 6.07) is 8.79. The Labute approximate surface area is 128 Å². The minimum atomic E-state index is -1.22. The first kappa shape index (κ1) is 15.5. The molecule has 1 heterocycles. The number of rotatable bonds is 3. The lowest BCUT2D eigenvalue weighted by molar-refractivity contribution is 0.479. The van der Waals surface area contributed by atoms with E-state index in [9.17, 15) is 8.78 Å². The Balaban J connectivity index is 2.17. The van der Waals surface area contributed by atoms with Gasteiger partial charge in [-0.3, -0.25) is 0 Å². The second kappa shape index (κ2) is 7.19. The van der Waals surface area contributed by atoms with Crippen molar-refractivity contribution < 1.29 is 8.78 Å². The number of aryl methyl sites for hydroxylation is 1. The van der Waals surface area contributed by atoms with Gasteiger partial charge in [0.25, 0.3) is 0 Å². The standard InChI is InChI=1S/C17H14ClF2N/c1-2-3-4-12-5-7-13(8-6-12)9-10-14-11-15(19)17(20)21-16(14)18/h5-8,11H,2-4H2,1H3. The van der Waals surface area contributed by atoms with E-state index in [0.717, 1.165) is 30.9 Å². The van der Waals surface area contributed by atoms with Crippen LogP contribution in [-0.2, 0) is 6.42 Å². The Bertz CT molecular complexity index is 684. The number of unbranched alkanes of at least 4 members (excludes halogenated alkanes) is 1. The lowest BCUT2D eigenvalue weighted by atomic mass is 10.1. The third-order valence-electron chi connectivity index (χ3n) is 3.00. The van der Waals surface area contributed by atoms with Gasteiger partial charge in [0.05, 0.1) is 5.56 Å². The number of pyridine rings is 1. The fourth-order valence-corrected chi connectivity index (χ4v) is 1.98. The van der Waals surface area contributed by atoms with Crippen LogP contribution in [0.5, 0.6) is 0 Å². The molecule has 1 nitrogen and oxygen atoms in total. The average Bonchev–Trinajstić information content (AvgIpc) is 2.48. The molecule has 0 saturated heterocycles. The van der Waals surface area contributed by atoms with Crippen LogP contribution in [-0.4, -0.2) is 4.98 Å². The average molecular weight is 306 g/mol. The van der Waals surface area contributed by atoms with Gasteiger partial charge in [-0.05, 0) is 36.6 Å². The zero-order chi connectivity index (χ0) is 15.2. The van der Waals surface area contributed by atoms with Crippen LogP contribution in [0.15, 0.2) is 30.3 Å². The van der Waals surface area contributed by atoms with Crippen molar-refractivity contribution in [2.75, 3.05) is 0 Å². The van der Waals surface area contributed by atoms with Gasteiger partial charge in [-0.25, -0.2) is 9.37 Å². The van der Waals surface area contributed by atoms with E-state index < -0.39 is 11.8 Å². The van der Waals surface area contributed by atoms with E-state index in [2.05, 4.69) is 23.7 Å². The maximum atomic E-state index is 13.1. The lowest BCUT2D eigenvalue weighted by Gasteiger charge is -1.99. The molecule has 0 N–H and O–H groups in total. The normalized spacial score (nSPS) is 10.1. The quantitative estimate of drug-likeness (QED) is 0.589. The second-order valence-electron chi connectivity index (χ2n) is 4.65. The summed E-state index contributed by atoms with van der Waals surface area (Å²) in [6.07, 6.45) is 3.35. The molecule has 0 spiro atoms. The van der Waals surface area contributed by atoms with Gasteiger partial charge in [0.1, 0.15) is 5.15 Å². The summed E-state index contributed by atoms with van der Waals surface area (Å²) in [4.78, 5) is 3.25. The van der Waals surface area contributed by atoms with Crippen molar-refractivity contribution in [2.45, 2.75) is 26.2 Å². The number of aromatic nitrogens is 1. The van der Waals surface area contributed by atoms with Gasteiger partial charge in [0.15, 0.2) is 5.82 Å². The first-order valence-electron chi connectivity index (χ1n) is 6.72. The van der Waals surface area contributed by atoms with Crippen molar-refractivity contribution in [3.8, 4) is 11.8 Å². The van der Waals surface area contributed by atoms with Crippen LogP contribution in [0.4, 0.5) is 8.78 Å². The minimum absolute atomic E-state index is 0.138. The van der Waals surface area contributed by atoms with E-state index >= 15 is 0 Å². The first-order valence-corrected chi connectivity index (χ1v) is 7.10. The van der Waals surface area contributed by atoms with E-state index in [-0.39, 0.29) is 10.7 Å². The SMILES string of the molecule is CCCCc1ccc(C#Cc2cc(F)c(F)nc2Cl)cc1. The predicted molar refractivity (Wildman–Crippen MR) is 80.2 cm³/mol. The summed E-state index contributed by atoms with van der Waals surface area (Å²) in [5, 5.41) is -0.138. The second-order valence-corrected chi connectivity index (χ2v) is 5.01. The zero-order valence-electron chi connectivity index (χ0n) is 11.6. The highest BCUT2D eigenvalue weighted by atomic mass is 35.5. The lowest BCUT2D eigenvalue weighted by Crippen LogP contribution is -1.93. The number of hydrogen-bond donors (Lipinski definition) is 0. The van der Waals surface area contributed by atoms with Gasteiger partial charge in [0.2, 0.25) is 5.95 Å². The van der Waals surface area contributed by atoms with E-state index in [1.807, 2.05) is 24.3 Å². The fourth-order valence-electron chi connectivity index (χ4n) is 1.81. The van der Waals surface area contributed by atoms with Crippen molar-refractivity contribution >= 4 is 11.6 Å². The van der Waals surface area contributed by atoms with Crippen LogP contribution in [0.25, 0.3) is 0 Å². The highest BCUT2D eigenvalue weighted by Gasteiger charge is 2.08. The molecular weight excluding hydrogens is 292 g/mol. The van der Waals surface area contributed by atoms with Crippen molar-refractivity contribution in [1.29, 1.82) is 0 Å². The smallest absolute Gasteiger partial charge is 0.204 e. The molecule has 0 aliphatic carbocycles. The molecule has 0 bridgehead atoms. The van der Waals surface area contributed by atoms with E-state index in [1.54, 1.807) is 0 Å². The minimum Gasteiger partial charge on any atom is -0.204 e. The predicted octanol–water partition coefficient (Wildman–Crippen LogP) is 4.76. The Kier molecular flexibility index (Phi) is 5.30. The highest BCUT2D eigenvalue weighted by molar-refractivity contribution is 6.30. The van der Waals surface area contributed by atoms with Crippen LogP contribution in [0, 0.1) is 23.6 Å². The largest absolute Gasteiger partial charge is 0.250 e. The van der Waals surface area contributed by atoms with Crippen LogP contribution in [0.1, 0.15) is 36.5 Å². The molecule has 2 aromatic rings. The molecule has 0 saturated carbocycles. The molecular formula is C17H14ClF2N. The molecule has 108 valence electrons. The summed E-state index contributed by atoms with van der Waals surface area (Å²) >= 11 is 5.73. The van der Waals surface area contributed by atoms with Crippen LogP contribution in [0.3, 0.4) is 0 Å². The van der Waals surface area contributed by atoms with Crippen LogP contribution < -0.4 is 0 Å². The maximum absolute atomic E-state index is 13.1. The summed E-state index contributed by atoms with van der Waals surface area (Å²) in [7, 11) is 0. The van der Waals surface area contributed by atoms with Gasteiger partial charge >= 0.3 is 0 Å². The van der Waals surface area contributed by atoms with Crippen LogP contribution in [0.2, 0.25) is 5.15 Å². The van der Waals surface area contributed by atoms with Crippen molar-refractivity contribution in [3.63, 3.8) is 0 Å². The van der Waals surface area contributed by atoms with E-state index in [1.165, 1.54) is 5.56 Å². The van der Waals surface area contributed by atoms with Gasteiger partial charge < -0.3 is 0 Å². The number of hydrogen-bond acceptors (Lipinski definition) is 1. The van der Waals surface area contributed by atoms with Gasteiger partial charge in [-0.1, -0.05) is 48.9 Å². The molecule has 2 rings (SSSR count). The first-order chi connectivity index (χ1) is 10.1. The fraction of sp³-hybridized carbons (Fsp3) is 0.235. The number of halogens is 3. The van der Waals surface area contributed by atoms with E-state index in [0.29, 0.717) is 0 Å². The van der Waals surface area contributed by atoms with Crippen LogP contribution >= 0.6 is 11.6 Å². The van der Waals surface area contributed by atoms with Gasteiger partial charge in [0, 0.05) is 5.56 Å². The highest BCUT2D eigenvalue weighted by Crippen LogP contribution is 2.15. The molecule has 21 heavy (non-hydrogen) atoms. The molecule has 0 aliphatic heterocycles.